The number of benzene rings is 1. The van der Waals surface area contributed by atoms with E-state index in [0.717, 1.165) is 12.0 Å². The molecule has 1 aromatic carbocycles. The summed E-state index contributed by atoms with van der Waals surface area (Å²) in [5.74, 6) is -0.501. The molecule has 0 heterocycles. The Morgan fingerprint density at radius 2 is 1.92 bits per heavy atom. The molecule has 0 saturated carbocycles. The highest BCUT2D eigenvalue weighted by molar-refractivity contribution is 5.86. The maximum absolute atomic E-state index is 12.0. The highest BCUT2D eigenvalue weighted by Gasteiger charge is 2.17. The molecule has 0 aliphatic carbocycles. The minimum atomic E-state index is -0.621. The second-order valence-corrected chi connectivity index (χ2v) is 5.65. The van der Waals surface area contributed by atoms with Gasteiger partial charge in [-0.1, -0.05) is 36.9 Å². The van der Waals surface area contributed by atoms with Crippen LogP contribution < -0.4 is 5.32 Å². The van der Waals surface area contributed by atoms with Crippen molar-refractivity contribution in [3.63, 3.8) is 0 Å². The van der Waals surface area contributed by atoms with E-state index in [1.807, 2.05) is 30.3 Å². The molecule has 0 saturated heterocycles. The van der Waals surface area contributed by atoms with E-state index in [-0.39, 0.29) is 26.4 Å². The minimum absolute atomic E-state index is 0.0362. The zero-order valence-electron chi connectivity index (χ0n) is 15.1. The number of carbonyl (C=O) groups excluding carboxylic acids is 2. The van der Waals surface area contributed by atoms with Gasteiger partial charge >= 0.3 is 12.1 Å². The smallest absolute Gasteiger partial charge is 0.407 e. The lowest BCUT2D eigenvalue weighted by atomic mass is 10.1. The molecule has 1 amide bonds. The average Bonchev–Trinajstić information content (AvgIpc) is 2.64. The second kappa shape index (κ2) is 12.9. The van der Waals surface area contributed by atoms with Gasteiger partial charge in [0.2, 0.25) is 0 Å². The number of nitrogens with one attached hydrogen (secondary N) is 1. The summed E-state index contributed by atoms with van der Waals surface area (Å²) in [4.78, 5) is 23.2. The number of carbonyl (C=O) groups is 2. The summed E-state index contributed by atoms with van der Waals surface area (Å²) in [6, 6.07) is 9.28. The van der Waals surface area contributed by atoms with E-state index in [2.05, 4.69) is 11.9 Å². The highest BCUT2D eigenvalue weighted by Crippen LogP contribution is 2.18. The first kappa shape index (κ1) is 21.7. The first-order valence-corrected chi connectivity index (χ1v) is 8.55. The Morgan fingerprint density at radius 1 is 1.19 bits per heavy atom. The maximum atomic E-state index is 12.0. The summed E-state index contributed by atoms with van der Waals surface area (Å²) < 4.78 is 15.8. The molecule has 1 rings (SSSR count). The van der Waals surface area contributed by atoms with Gasteiger partial charge in [0.05, 0.1) is 13.2 Å². The van der Waals surface area contributed by atoms with Gasteiger partial charge in [0.25, 0.3) is 0 Å². The number of rotatable bonds is 12. The molecule has 0 aromatic heterocycles. The number of hydrogen-bond donors (Lipinski definition) is 2. The third-order valence-corrected chi connectivity index (χ3v) is 3.34. The summed E-state index contributed by atoms with van der Waals surface area (Å²) in [6.45, 7) is 6.02. The van der Waals surface area contributed by atoms with E-state index in [4.69, 9.17) is 19.3 Å². The second-order valence-electron chi connectivity index (χ2n) is 5.65. The molecule has 1 atom stereocenters. The Hall–Kier alpha value is -2.38. The van der Waals surface area contributed by atoms with Crippen molar-refractivity contribution in [1.29, 1.82) is 0 Å². The maximum Gasteiger partial charge on any atom is 0.407 e. The van der Waals surface area contributed by atoms with Gasteiger partial charge in [0.1, 0.15) is 6.61 Å². The Kier molecular flexibility index (Phi) is 10.8. The monoisotopic (exact) mass is 365 g/mol. The summed E-state index contributed by atoms with van der Waals surface area (Å²) in [5, 5.41) is 11.3. The van der Waals surface area contributed by atoms with Crippen LogP contribution in [0.25, 0.3) is 0 Å². The normalized spacial score (nSPS) is 11.5. The minimum Gasteiger partial charge on any atom is -0.460 e. The molecule has 7 heteroatoms. The first-order chi connectivity index (χ1) is 12.5. The zero-order chi connectivity index (χ0) is 19.2. The van der Waals surface area contributed by atoms with Crippen molar-refractivity contribution in [2.24, 2.45) is 0 Å². The molecule has 26 heavy (non-hydrogen) atoms. The van der Waals surface area contributed by atoms with Crippen molar-refractivity contribution >= 4 is 12.1 Å². The fourth-order valence-corrected chi connectivity index (χ4v) is 1.96. The van der Waals surface area contributed by atoms with Crippen LogP contribution in [0.1, 0.15) is 31.4 Å². The largest absolute Gasteiger partial charge is 0.460 e. The van der Waals surface area contributed by atoms with Crippen molar-refractivity contribution in [2.75, 3.05) is 33.0 Å². The Balaban J connectivity index is 2.42. The average molecular weight is 365 g/mol. The van der Waals surface area contributed by atoms with Crippen LogP contribution >= 0.6 is 0 Å². The van der Waals surface area contributed by atoms with Crippen molar-refractivity contribution < 1.29 is 28.9 Å². The number of ether oxygens (including phenoxy) is 3. The number of aliphatic hydroxyl groups excluding tert-OH is 1. The van der Waals surface area contributed by atoms with Crippen LogP contribution in [0.3, 0.4) is 0 Å². The third kappa shape index (κ3) is 9.19. The van der Waals surface area contributed by atoms with Crippen molar-refractivity contribution in [2.45, 2.75) is 25.9 Å². The summed E-state index contributed by atoms with van der Waals surface area (Å²) in [6.07, 6.45) is 0.228. The molecule has 0 aliphatic heterocycles. The van der Waals surface area contributed by atoms with Crippen LogP contribution in [0.15, 0.2) is 42.5 Å². The highest BCUT2D eigenvalue weighted by atomic mass is 16.6. The number of unbranched alkanes of at least 4 members (excludes halogenated alkanes) is 1. The van der Waals surface area contributed by atoms with Gasteiger partial charge in [-0.3, -0.25) is 0 Å². The van der Waals surface area contributed by atoms with Crippen LogP contribution in [0.2, 0.25) is 0 Å². The van der Waals surface area contributed by atoms with Crippen LogP contribution in [-0.2, 0) is 19.0 Å². The summed E-state index contributed by atoms with van der Waals surface area (Å²) >= 11 is 0. The molecule has 144 valence electrons. The van der Waals surface area contributed by atoms with E-state index in [0.29, 0.717) is 18.6 Å². The Labute approximate surface area is 153 Å². The standard InChI is InChI=1S/C19H27NO6/c1-15(2)18(22)25-13-10-20-19(23)26-17(14-24-12-7-6-11-21)16-8-4-3-5-9-16/h3-5,8-9,17,21H,1,6-7,10-14H2,2H3,(H,20,23). The Bertz CT molecular complexity index is 560. The van der Waals surface area contributed by atoms with E-state index in [9.17, 15) is 9.59 Å². The van der Waals surface area contributed by atoms with Gasteiger partial charge in [-0.15, -0.1) is 0 Å². The summed E-state index contributed by atoms with van der Waals surface area (Å²) in [7, 11) is 0. The number of hydrogen-bond acceptors (Lipinski definition) is 6. The molecule has 2 N–H and O–H groups in total. The first-order valence-electron chi connectivity index (χ1n) is 8.55. The molecule has 0 fully saturated rings. The molecular weight excluding hydrogens is 338 g/mol. The van der Waals surface area contributed by atoms with Crippen LogP contribution in [0, 0.1) is 0 Å². The quantitative estimate of drug-likeness (QED) is 0.335. The summed E-state index contributed by atoms with van der Waals surface area (Å²) in [5.41, 5.74) is 1.12. The number of aliphatic hydroxyl groups is 1. The predicted octanol–water partition coefficient (Wildman–Crippen LogP) is 2.36. The predicted molar refractivity (Wildman–Crippen MR) is 96.6 cm³/mol. The van der Waals surface area contributed by atoms with Crippen molar-refractivity contribution in [3.05, 3.63) is 48.0 Å². The lowest BCUT2D eigenvalue weighted by Gasteiger charge is -2.19. The van der Waals surface area contributed by atoms with E-state index < -0.39 is 18.2 Å². The molecular formula is C19H27NO6. The lowest BCUT2D eigenvalue weighted by Crippen LogP contribution is -2.31. The number of alkyl carbamates (subject to hydrolysis) is 1. The fourth-order valence-electron chi connectivity index (χ4n) is 1.96. The molecule has 0 aliphatic rings. The van der Waals surface area contributed by atoms with E-state index in [1.54, 1.807) is 6.92 Å². The topological polar surface area (TPSA) is 94.1 Å². The van der Waals surface area contributed by atoms with Gasteiger partial charge in [-0.2, -0.15) is 0 Å². The SMILES string of the molecule is C=C(C)C(=O)OCCNC(=O)OC(COCCCCO)c1ccccc1. The lowest BCUT2D eigenvalue weighted by molar-refractivity contribution is -0.138. The third-order valence-electron chi connectivity index (χ3n) is 3.34. The van der Waals surface area contributed by atoms with Gasteiger partial charge in [-0.25, -0.2) is 9.59 Å². The molecule has 1 aromatic rings. The van der Waals surface area contributed by atoms with Gasteiger partial charge < -0.3 is 24.6 Å². The van der Waals surface area contributed by atoms with Gasteiger partial charge in [0, 0.05) is 18.8 Å². The van der Waals surface area contributed by atoms with E-state index >= 15 is 0 Å². The number of amides is 1. The van der Waals surface area contributed by atoms with Crippen LogP contribution in [-0.4, -0.2) is 50.1 Å². The van der Waals surface area contributed by atoms with Crippen molar-refractivity contribution in [1.82, 2.24) is 5.32 Å². The molecule has 0 spiro atoms. The number of esters is 1. The Morgan fingerprint density at radius 3 is 2.58 bits per heavy atom. The zero-order valence-corrected chi connectivity index (χ0v) is 15.1. The van der Waals surface area contributed by atoms with Gasteiger partial charge in [-0.05, 0) is 25.3 Å². The molecule has 0 radical (unpaired) electrons. The van der Waals surface area contributed by atoms with Crippen LogP contribution in [0.4, 0.5) is 4.79 Å². The van der Waals surface area contributed by atoms with Crippen molar-refractivity contribution in [3.8, 4) is 0 Å². The van der Waals surface area contributed by atoms with Crippen LogP contribution in [0.5, 0.6) is 0 Å². The molecule has 1 unspecified atom stereocenters. The molecule has 7 nitrogen and oxygen atoms in total. The fraction of sp³-hybridized carbons (Fsp3) is 0.474. The van der Waals surface area contributed by atoms with Gasteiger partial charge in [0.15, 0.2) is 6.10 Å². The molecule has 0 bridgehead atoms. The van der Waals surface area contributed by atoms with E-state index in [1.165, 1.54) is 0 Å².